The number of nitrogens with two attached hydrogens (primary N) is 1. The molecule has 106 valence electrons. The Kier molecular flexibility index (Phi) is 3.21. The third kappa shape index (κ3) is 1.88. The maximum Gasteiger partial charge on any atom is 0.126 e. The van der Waals surface area contributed by atoms with Crippen LogP contribution in [0.2, 0.25) is 0 Å². The molecule has 1 atom stereocenters. The molecule has 0 bridgehead atoms. The molecule has 0 amide bonds. The second-order valence-electron chi connectivity index (χ2n) is 7.08. The molecule has 1 saturated carbocycles. The number of benzene rings is 1. The standard InChI is InChI=1S/C17H27NO/c1-10-8-9-12(14(19-7)11(10)2)13(18)15-16(3,4)17(15,5)6/h8-9,13,15H,18H2,1-7H3. The lowest BCUT2D eigenvalue weighted by Gasteiger charge is -2.20. The normalized spacial score (nSPS) is 22.1. The lowest BCUT2D eigenvalue weighted by atomic mass is 9.93. The summed E-state index contributed by atoms with van der Waals surface area (Å²) in [6, 6.07) is 4.32. The highest BCUT2D eigenvalue weighted by Gasteiger charge is 2.66. The summed E-state index contributed by atoms with van der Waals surface area (Å²) < 4.78 is 5.61. The van der Waals surface area contributed by atoms with E-state index in [1.54, 1.807) is 7.11 Å². The molecule has 1 aliphatic carbocycles. The topological polar surface area (TPSA) is 35.2 Å². The predicted octanol–water partition coefficient (Wildman–Crippen LogP) is 3.99. The van der Waals surface area contributed by atoms with Crippen molar-refractivity contribution < 1.29 is 4.74 Å². The number of hydrogen-bond acceptors (Lipinski definition) is 2. The van der Waals surface area contributed by atoms with E-state index in [1.807, 2.05) is 0 Å². The molecule has 1 aromatic rings. The first-order valence-electron chi connectivity index (χ1n) is 7.06. The molecule has 0 radical (unpaired) electrons. The van der Waals surface area contributed by atoms with E-state index in [4.69, 9.17) is 10.5 Å². The van der Waals surface area contributed by atoms with Crippen LogP contribution in [0.25, 0.3) is 0 Å². The van der Waals surface area contributed by atoms with E-state index in [0.29, 0.717) is 5.92 Å². The van der Waals surface area contributed by atoms with Crippen molar-refractivity contribution in [3.63, 3.8) is 0 Å². The fraction of sp³-hybridized carbons (Fsp3) is 0.647. The van der Waals surface area contributed by atoms with Crippen molar-refractivity contribution in [1.82, 2.24) is 0 Å². The van der Waals surface area contributed by atoms with Gasteiger partial charge < -0.3 is 10.5 Å². The van der Waals surface area contributed by atoms with Crippen molar-refractivity contribution in [3.05, 3.63) is 28.8 Å². The third-order valence-corrected chi connectivity index (χ3v) is 5.76. The van der Waals surface area contributed by atoms with Crippen molar-refractivity contribution >= 4 is 0 Å². The molecule has 2 heteroatoms. The van der Waals surface area contributed by atoms with Crippen LogP contribution in [-0.2, 0) is 0 Å². The summed E-state index contributed by atoms with van der Waals surface area (Å²) >= 11 is 0. The van der Waals surface area contributed by atoms with Crippen LogP contribution in [0.3, 0.4) is 0 Å². The van der Waals surface area contributed by atoms with Gasteiger partial charge in [0.15, 0.2) is 0 Å². The van der Waals surface area contributed by atoms with Gasteiger partial charge in [0, 0.05) is 11.6 Å². The van der Waals surface area contributed by atoms with Crippen molar-refractivity contribution in [2.75, 3.05) is 7.11 Å². The van der Waals surface area contributed by atoms with E-state index >= 15 is 0 Å². The minimum absolute atomic E-state index is 0.0410. The van der Waals surface area contributed by atoms with Crippen LogP contribution in [0.15, 0.2) is 12.1 Å². The highest BCUT2D eigenvalue weighted by Crippen LogP contribution is 2.72. The van der Waals surface area contributed by atoms with Crippen LogP contribution >= 0.6 is 0 Å². The molecule has 19 heavy (non-hydrogen) atoms. The average molecular weight is 261 g/mol. The zero-order valence-electron chi connectivity index (χ0n) is 13.3. The van der Waals surface area contributed by atoms with E-state index < -0.39 is 0 Å². The molecule has 0 spiro atoms. The molecule has 1 aromatic carbocycles. The van der Waals surface area contributed by atoms with Crippen molar-refractivity contribution in [2.24, 2.45) is 22.5 Å². The Balaban J connectivity index is 2.42. The highest BCUT2D eigenvalue weighted by molar-refractivity contribution is 5.48. The lowest BCUT2D eigenvalue weighted by Crippen LogP contribution is -2.18. The maximum absolute atomic E-state index is 6.57. The van der Waals surface area contributed by atoms with Crippen LogP contribution in [0, 0.1) is 30.6 Å². The van der Waals surface area contributed by atoms with Gasteiger partial charge in [0.05, 0.1) is 7.11 Å². The third-order valence-electron chi connectivity index (χ3n) is 5.76. The smallest absolute Gasteiger partial charge is 0.126 e. The van der Waals surface area contributed by atoms with E-state index in [0.717, 1.165) is 11.3 Å². The Labute approximate surface area is 117 Å². The first-order valence-corrected chi connectivity index (χ1v) is 7.06. The summed E-state index contributed by atoms with van der Waals surface area (Å²) in [6.45, 7) is 13.5. The van der Waals surface area contributed by atoms with Crippen LogP contribution in [0.4, 0.5) is 0 Å². The molecule has 2 rings (SSSR count). The van der Waals surface area contributed by atoms with Gasteiger partial charge >= 0.3 is 0 Å². The second kappa shape index (κ2) is 4.24. The van der Waals surface area contributed by atoms with Gasteiger partial charge in [0.1, 0.15) is 5.75 Å². The van der Waals surface area contributed by atoms with Crippen LogP contribution in [-0.4, -0.2) is 7.11 Å². The van der Waals surface area contributed by atoms with Gasteiger partial charge in [-0.25, -0.2) is 0 Å². The van der Waals surface area contributed by atoms with Gasteiger partial charge in [-0.2, -0.15) is 0 Å². The molecule has 1 fully saturated rings. The number of rotatable bonds is 3. The largest absolute Gasteiger partial charge is 0.496 e. The van der Waals surface area contributed by atoms with E-state index in [2.05, 4.69) is 53.7 Å². The van der Waals surface area contributed by atoms with Crippen LogP contribution in [0.5, 0.6) is 5.75 Å². The molecule has 1 aliphatic rings. The lowest BCUT2D eigenvalue weighted by molar-refractivity contribution is 0.393. The molecule has 0 aromatic heterocycles. The molecule has 0 saturated heterocycles. The SMILES string of the molecule is COc1c(C(N)C2C(C)(C)C2(C)C)ccc(C)c1C. The first-order chi connectivity index (χ1) is 8.66. The van der Waals surface area contributed by atoms with E-state index in [-0.39, 0.29) is 16.9 Å². The van der Waals surface area contributed by atoms with Crippen molar-refractivity contribution in [2.45, 2.75) is 47.6 Å². The number of aryl methyl sites for hydroxylation is 1. The fourth-order valence-electron chi connectivity index (χ4n) is 3.67. The minimum atomic E-state index is 0.0410. The molecular formula is C17H27NO. The number of ether oxygens (including phenoxy) is 1. The maximum atomic E-state index is 6.57. The minimum Gasteiger partial charge on any atom is -0.496 e. The van der Waals surface area contributed by atoms with E-state index in [1.165, 1.54) is 11.1 Å². The van der Waals surface area contributed by atoms with Gasteiger partial charge in [-0.15, -0.1) is 0 Å². The Morgan fingerprint density at radius 2 is 1.63 bits per heavy atom. The molecular weight excluding hydrogens is 234 g/mol. The van der Waals surface area contributed by atoms with E-state index in [9.17, 15) is 0 Å². The average Bonchev–Trinajstić information content (AvgIpc) is 2.72. The van der Waals surface area contributed by atoms with Crippen LogP contribution < -0.4 is 10.5 Å². The molecule has 2 N–H and O–H groups in total. The monoisotopic (exact) mass is 261 g/mol. The van der Waals surface area contributed by atoms with Gasteiger partial charge in [-0.1, -0.05) is 39.8 Å². The summed E-state index contributed by atoms with van der Waals surface area (Å²) in [5.74, 6) is 1.46. The highest BCUT2D eigenvalue weighted by atomic mass is 16.5. The summed E-state index contributed by atoms with van der Waals surface area (Å²) in [5.41, 5.74) is 10.7. The van der Waals surface area contributed by atoms with Gasteiger partial charge in [0.2, 0.25) is 0 Å². The van der Waals surface area contributed by atoms with Gasteiger partial charge in [-0.3, -0.25) is 0 Å². The van der Waals surface area contributed by atoms with Crippen molar-refractivity contribution in [1.29, 1.82) is 0 Å². The molecule has 2 nitrogen and oxygen atoms in total. The molecule has 0 heterocycles. The second-order valence-corrected chi connectivity index (χ2v) is 7.08. The first kappa shape index (κ1) is 14.4. The fourth-order valence-corrected chi connectivity index (χ4v) is 3.67. The number of hydrogen-bond donors (Lipinski definition) is 1. The number of methoxy groups -OCH3 is 1. The predicted molar refractivity (Wildman–Crippen MR) is 80.4 cm³/mol. The Morgan fingerprint density at radius 3 is 2.05 bits per heavy atom. The summed E-state index contributed by atoms with van der Waals surface area (Å²) in [6.07, 6.45) is 0. The van der Waals surface area contributed by atoms with Crippen molar-refractivity contribution in [3.8, 4) is 5.75 Å². The van der Waals surface area contributed by atoms with Crippen LogP contribution in [0.1, 0.15) is 50.4 Å². The summed E-state index contributed by atoms with van der Waals surface area (Å²) in [4.78, 5) is 0. The van der Waals surface area contributed by atoms with Gasteiger partial charge in [-0.05, 0) is 41.7 Å². The van der Waals surface area contributed by atoms with Gasteiger partial charge in [0.25, 0.3) is 0 Å². The Morgan fingerprint density at radius 1 is 1.11 bits per heavy atom. The Hall–Kier alpha value is -1.02. The molecule has 1 unspecified atom stereocenters. The Bertz CT molecular complexity index is 488. The zero-order valence-corrected chi connectivity index (χ0v) is 13.3. The molecule has 0 aliphatic heterocycles. The quantitative estimate of drug-likeness (QED) is 0.892. The summed E-state index contributed by atoms with van der Waals surface area (Å²) in [5, 5.41) is 0. The summed E-state index contributed by atoms with van der Waals surface area (Å²) in [7, 11) is 1.74. The zero-order chi connectivity index (χ0) is 14.6.